The van der Waals surface area contributed by atoms with Crippen LogP contribution in [0.2, 0.25) is 0 Å². The van der Waals surface area contributed by atoms with Crippen LogP contribution in [0.15, 0.2) is 53.3 Å². The van der Waals surface area contributed by atoms with Crippen molar-refractivity contribution >= 4 is 33.2 Å². The molecule has 1 aliphatic rings. The molecule has 1 saturated carbocycles. The Morgan fingerprint density at radius 3 is 2.21 bits per heavy atom. The van der Waals surface area contributed by atoms with Gasteiger partial charge >= 0.3 is 0 Å². The number of hydrogen-bond donors (Lipinski definition) is 0. The first-order chi connectivity index (χ1) is 16.7. The predicted molar refractivity (Wildman–Crippen MR) is 137 cm³/mol. The van der Waals surface area contributed by atoms with Crippen LogP contribution >= 0.6 is 0 Å². The lowest BCUT2D eigenvalue weighted by Crippen LogP contribution is -2.30. The van der Waals surface area contributed by atoms with Crippen LogP contribution < -0.4 is 5.56 Å². The number of hydrogen-bond acceptors (Lipinski definition) is 4. The molecule has 6 rings (SSSR count). The summed E-state index contributed by atoms with van der Waals surface area (Å²) in [7, 11) is 0. The molecule has 0 saturated heterocycles. The van der Waals surface area contributed by atoms with Crippen molar-refractivity contribution in [2.75, 3.05) is 0 Å². The van der Waals surface area contributed by atoms with Gasteiger partial charge in [-0.25, -0.2) is 15.0 Å². The Labute approximate surface area is 198 Å². The van der Waals surface area contributed by atoms with E-state index >= 15 is 0 Å². The molecule has 0 N–H and O–H groups in total. The first-order valence-corrected chi connectivity index (χ1v) is 12.5. The molecule has 172 valence electrons. The van der Waals surface area contributed by atoms with Crippen molar-refractivity contribution in [1.82, 2.24) is 24.1 Å². The third-order valence-electron chi connectivity index (χ3n) is 7.24. The summed E-state index contributed by atoms with van der Waals surface area (Å²) in [6.07, 6.45) is 7.32. The second kappa shape index (κ2) is 8.35. The molecule has 0 unspecified atom stereocenters. The molecule has 6 heteroatoms. The quantitative estimate of drug-likeness (QED) is 0.340. The van der Waals surface area contributed by atoms with Gasteiger partial charge < -0.3 is 0 Å². The molecule has 1 fully saturated rings. The van der Waals surface area contributed by atoms with Crippen LogP contribution in [0, 0.1) is 0 Å². The average Bonchev–Trinajstić information content (AvgIpc) is 3.20. The van der Waals surface area contributed by atoms with Crippen LogP contribution in [-0.2, 0) is 12.8 Å². The second-order valence-corrected chi connectivity index (χ2v) is 9.29. The summed E-state index contributed by atoms with van der Waals surface area (Å²) in [5.41, 5.74) is 5.82. The zero-order valence-electron chi connectivity index (χ0n) is 19.8. The Morgan fingerprint density at radius 2 is 1.53 bits per heavy atom. The molecule has 1 aliphatic carbocycles. The van der Waals surface area contributed by atoms with Gasteiger partial charge in [-0.05, 0) is 49.1 Å². The van der Waals surface area contributed by atoms with Gasteiger partial charge in [-0.15, -0.1) is 0 Å². The predicted octanol–water partition coefficient (Wildman–Crippen LogP) is 5.91. The third kappa shape index (κ3) is 3.23. The number of nitrogens with zero attached hydrogens (tertiary/aromatic N) is 5. The zero-order valence-corrected chi connectivity index (χ0v) is 19.8. The van der Waals surface area contributed by atoms with Gasteiger partial charge in [0.25, 0.3) is 5.56 Å². The van der Waals surface area contributed by atoms with E-state index in [-0.39, 0.29) is 11.6 Å². The molecule has 2 aromatic carbocycles. The van der Waals surface area contributed by atoms with Crippen LogP contribution in [0.1, 0.15) is 63.4 Å². The maximum absolute atomic E-state index is 14.1. The monoisotopic (exact) mass is 451 g/mol. The fourth-order valence-corrected chi connectivity index (χ4v) is 5.44. The van der Waals surface area contributed by atoms with E-state index in [4.69, 9.17) is 15.0 Å². The van der Waals surface area contributed by atoms with Crippen LogP contribution in [0.5, 0.6) is 0 Å². The van der Waals surface area contributed by atoms with Gasteiger partial charge in [0.1, 0.15) is 16.7 Å². The molecule has 0 radical (unpaired) electrons. The number of aromatic nitrogens is 5. The van der Waals surface area contributed by atoms with Gasteiger partial charge in [0.15, 0.2) is 11.3 Å². The minimum atomic E-state index is 0.0206. The lowest BCUT2D eigenvalue weighted by Gasteiger charge is -2.26. The summed E-state index contributed by atoms with van der Waals surface area (Å²) in [4.78, 5) is 29.2. The Hall–Kier alpha value is -3.54. The van der Waals surface area contributed by atoms with Crippen molar-refractivity contribution in [3.05, 3.63) is 70.3 Å². The SMILES string of the molecule is CCc1ccc(-n2c3nc4ccccc4nc3c3c(=O)n(C4CCCCC4)c(CC)nc32)cc1. The lowest BCUT2D eigenvalue weighted by atomic mass is 9.95. The van der Waals surface area contributed by atoms with Crippen molar-refractivity contribution in [2.24, 2.45) is 0 Å². The van der Waals surface area contributed by atoms with E-state index in [2.05, 4.69) is 38.1 Å². The van der Waals surface area contributed by atoms with Gasteiger partial charge in [-0.3, -0.25) is 13.9 Å². The van der Waals surface area contributed by atoms with E-state index in [1.165, 1.54) is 12.0 Å². The first-order valence-electron chi connectivity index (χ1n) is 12.5. The fraction of sp³-hybridized carbons (Fsp3) is 0.357. The zero-order chi connectivity index (χ0) is 23.2. The first kappa shape index (κ1) is 21.0. The highest BCUT2D eigenvalue weighted by Crippen LogP contribution is 2.32. The van der Waals surface area contributed by atoms with E-state index in [0.717, 1.165) is 54.6 Å². The van der Waals surface area contributed by atoms with Crippen molar-refractivity contribution in [3.8, 4) is 5.69 Å². The standard InChI is InChI=1S/C28H29N5O/c1-3-18-14-16-20(17-15-18)33-26-24(25-27(33)30-22-13-9-8-12-21(22)29-25)28(34)32(23(4-2)31-26)19-10-6-5-7-11-19/h8-9,12-17,19H,3-7,10-11H2,1-2H3. The molecule has 0 spiro atoms. The minimum absolute atomic E-state index is 0.0206. The molecule has 34 heavy (non-hydrogen) atoms. The van der Waals surface area contributed by atoms with Crippen molar-refractivity contribution in [1.29, 1.82) is 0 Å². The highest BCUT2D eigenvalue weighted by molar-refractivity contribution is 6.05. The van der Waals surface area contributed by atoms with Gasteiger partial charge in [-0.1, -0.05) is 57.4 Å². The van der Waals surface area contributed by atoms with Crippen molar-refractivity contribution in [2.45, 2.75) is 64.8 Å². The summed E-state index contributed by atoms with van der Waals surface area (Å²) in [5, 5.41) is 0.579. The Kier molecular flexibility index (Phi) is 5.16. The average molecular weight is 452 g/mol. The molecule has 0 bridgehead atoms. The lowest BCUT2D eigenvalue weighted by molar-refractivity contribution is 0.337. The summed E-state index contributed by atoms with van der Waals surface area (Å²) in [6, 6.07) is 16.5. The van der Waals surface area contributed by atoms with Crippen LogP contribution in [0.25, 0.3) is 38.9 Å². The van der Waals surface area contributed by atoms with Crippen LogP contribution in [0.3, 0.4) is 0 Å². The van der Waals surface area contributed by atoms with E-state index < -0.39 is 0 Å². The number of aryl methyl sites for hydroxylation is 2. The molecule has 0 aliphatic heterocycles. The molecule has 0 atom stereocenters. The normalized spacial score (nSPS) is 15.0. The number of benzene rings is 2. The summed E-state index contributed by atoms with van der Waals surface area (Å²) < 4.78 is 4.00. The van der Waals surface area contributed by atoms with E-state index in [0.29, 0.717) is 28.6 Å². The molecular weight excluding hydrogens is 422 g/mol. The van der Waals surface area contributed by atoms with Gasteiger partial charge in [0.05, 0.1) is 11.0 Å². The fourth-order valence-electron chi connectivity index (χ4n) is 5.44. The molecule has 3 aromatic heterocycles. The summed E-state index contributed by atoms with van der Waals surface area (Å²) >= 11 is 0. The van der Waals surface area contributed by atoms with Crippen molar-refractivity contribution < 1.29 is 0 Å². The number of fused-ring (bicyclic) bond motifs is 4. The Balaban J connectivity index is 1.74. The number of para-hydroxylation sites is 2. The highest BCUT2D eigenvalue weighted by Gasteiger charge is 2.26. The Morgan fingerprint density at radius 1 is 0.824 bits per heavy atom. The molecule has 0 amide bonds. The van der Waals surface area contributed by atoms with Crippen LogP contribution in [0.4, 0.5) is 0 Å². The second-order valence-electron chi connectivity index (χ2n) is 9.29. The smallest absolute Gasteiger partial charge is 0.265 e. The van der Waals surface area contributed by atoms with Gasteiger partial charge in [-0.2, -0.15) is 0 Å². The van der Waals surface area contributed by atoms with E-state index in [9.17, 15) is 4.79 Å². The van der Waals surface area contributed by atoms with E-state index in [1.54, 1.807) is 0 Å². The Bertz CT molecular complexity index is 1570. The van der Waals surface area contributed by atoms with Gasteiger partial charge in [0.2, 0.25) is 0 Å². The van der Waals surface area contributed by atoms with Crippen molar-refractivity contribution in [3.63, 3.8) is 0 Å². The molecule has 6 nitrogen and oxygen atoms in total. The van der Waals surface area contributed by atoms with Gasteiger partial charge in [0, 0.05) is 18.2 Å². The summed E-state index contributed by atoms with van der Waals surface area (Å²) in [5.74, 6) is 0.850. The highest BCUT2D eigenvalue weighted by atomic mass is 16.1. The summed E-state index contributed by atoms with van der Waals surface area (Å²) in [6.45, 7) is 4.23. The van der Waals surface area contributed by atoms with E-state index in [1.807, 2.05) is 33.4 Å². The molecule has 3 heterocycles. The largest absolute Gasteiger partial charge is 0.293 e. The maximum atomic E-state index is 14.1. The third-order valence-corrected chi connectivity index (χ3v) is 7.24. The van der Waals surface area contributed by atoms with Crippen LogP contribution in [-0.4, -0.2) is 24.1 Å². The number of rotatable bonds is 4. The minimum Gasteiger partial charge on any atom is -0.293 e. The maximum Gasteiger partial charge on any atom is 0.265 e. The molecular formula is C28H29N5O. The topological polar surface area (TPSA) is 65.6 Å². The molecule has 5 aromatic rings.